The summed E-state index contributed by atoms with van der Waals surface area (Å²) >= 11 is 0. The van der Waals surface area contributed by atoms with Gasteiger partial charge in [0.15, 0.2) is 5.82 Å². The van der Waals surface area contributed by atoms with Gasteiger partial charge in [-0.2, -0.15) is 4.98 Å². The Kier molecular flexibility index (Phi) is 5.25. The van der Waals surface area contributed by atoms with Crippen molar-refractivity contribution in [3.63, 3.8) is 0 Å². The first-order valence-electron chi connectivity index (χ1n) is 8.53. The molecule has 1 N–H and O–H groups in total. The molecule has 1 saturated carbocycles. The van der Waals surface area contributed by atoms with Gasteiger partial charge in [0, 0.05) is 18.6 Å². The van der Waals surface area contributed by atoms with E-state index < -0.39 is 0 Å². The molecule has 1 saturated heterocycles. The number of nitrogens with zero attached hydrogens (tertiary/aromatic N) is 2. The van der Waals surface area contributed by atoms with Crippen LogP contribution < -0.4 is 5.32 Å². The summed E-state index contributed by atoms with van der Waals surface area (Å²) in [6.45, 7) is 4.84. The minimum atomic E-state index is 0.329. The summed E-state index contributed by atoms with van der Waals surface area (Å²) in [6.07, 6.45) is 8.44. The molecule has 5 heteroatoms. The Labute approximate surface area is 126 Å². The van der Waals surface area contributed by atoms with Crippen LogP contribution in [0.25, 0.3) is 0 Å². The van der Waals surface area contributed by atoms with E-state index in [4.69, 9.17) is 14.2 Å². The van der Waals surface area contributed by atoms with Gasteiger partial charge in [0.1, 0.15) is 0 Å². The van der Waals surface area contributed by atoms with Gasteiger partial charge in [0.25, 0.3) is 0 Å². The third-order valence-electron chi connectivity index (χ3n) is 4.74. The van der Waals surface area contributed by atoms with Gasteiger partial charge in [-0.05, 0) is 32.2 Å². The topological polar surface area (TPSA) is 60.2 Å². The average molecular weight is 293 g/mol. The van der Waals surface area contributed by atoms with Crippen LogP contribution in [0.4, 0.5) is 0 Å². The van der Waals surface area contributed by atoms with Crippen molar-refractivity contribution in [2.24, 2.45) is 0 Å². The van der Waals surface area contributed by atoms with Crippen molar-refractivity contribution in [3.8, 4) is 0 Å². The lowest BCUT2D eigenvalue weighted by Crippen LogP contribution is -2.35. The van der Waals surface area contributed by atoms with E-state index >= 15 is 0 Å². The number of hydrogen-bond donors (Lipinski definition) is 1. The van der Waals surface area contributed by atoms with Gasteiger partial charge in [-0.3, -0.25) is 0 Å². The summed E-state index contributed by atoms with van der Waals surface area (Å²) in [7, 11) is 0. The van der Waals surface area contributed by atoms with Gasteiger partial charge in [0.05, 0.1) is 12.5 Å². The van der Waals surface area contributed by atoms with Crippen LogP contribution in [-0.4, -0.2) is 35.9 Å². The summed E-state index contributed by atoms with van der Waals surface area (Å²) in [5, 5.41) is 7.91. The molecular weight excluding hydrogens is 266 g/mol. The third kappa shape index (κ3) is 3.64. The average Bonchev–Trinajstić information content (AvgIpc) is 3.13. The van der Waals surface area contributed by atoms with Gasteiger partial charge < -0.3 is 14.6 Å². The largest absolute Gasteiger partial charge is 0.381 e. The summed E-state index contributed by atoms with van der Waals surface area (Å²) in [4.78, 5) is 4.72. The summed E-state index contributed by atoms with van der Waals surface area (Å²) in [5.41, 5.74) is 0. The fourth-order valence-electron chi connectivity index (χ4n) is 3.48. The third-order valence-corrected chi connectivity index (χ3v) is 4.74. The highest BCUT2D eigenvalue weighted by atomic mass is 16.5. The molecule has 0 aromatic carbocycles. The van der Waals surface area contributed by atoms with Crippen LogP contribution in [0, 0.1) is 0 Å². The normalized spacial score (nSPS) is 30.4. The second-order valence-corrected chi connectivity index (χ2v) is 6.36. The van der Waals surface area contributed by atoms with Crippen molar-refractivity contribution in [2.75, 3.05) is 19.8 Å². The number of rotatable bonds is 5. The molecule has 21 heavy (non-hydrogen) atoms. The Morgan fingerprint density at radius 1 is 1.19 bits per heavy atom. The van der Waals surface area contributed by atoms with Crippen molar-refractivity contribution in [1.29, 1.82) is 0 Å². The van der Waals surface area contributed by atoms with E-state index in [2.05, 4.69) is 17.4 Å². The number of ether oxygens (including phenoxy) is 1. The molecule has 3 rings (SSSR count). The molecule has 2 heterocycles. The summed E-state index contributed by atoms with van der Waals surface area (Å²) in [6, 6.07) is 0.487. The zero-order valence-corrected chi connectivity index (χ0v) is 13.0. The van der Waals surface area contributed by atoms with Crippen molar-refractivity contribution >= 4 is 0 Å². The fourth-order valence-corrected chi connectivity index (χ4v) is 3.48. The maximum absolute atomic E-state index is 5.63. The SMILES string of the molecule is CCCNC1CCCCCC1c1nc(C2CCOC2)no1. The molecule has 0 spiro atoms. The highest BCUT2D eigenvalue weighted by molar-refractivity contribution is 5.04. The van der Waals surface area contributed by atoms with E-state index in [0.717, 1.165) is 50.7 Å². The lowest BCUT2D eigenvalue weighted by Gasteiger charge is -2.23. The zero-order chi connectivity index (χ0) is 14.5. The minimum Gasteiger partial charge on any atom is -0.381 e. The van der Waals surface area contributed by atoms with Crippen molar-refractivity contribution in [2.45, 2.75) is 69.7 Å². The van der Waals surface area contributed by atoms with Crippen LogP contribution in [0.3, 0.4) is 0 Å². The fraction of sp³-hybridized carbons (Fsp3) is 0.875. The summed E-state index contributed by atoms with van der Waals surface area (Å²) in [5.74, 6) is 2.39. The van der Waals surface area contributed by atoms with Gasteiger partial charge >= 0.3 is 0 Å². The molecule has 5 nitrogen and oxygen atoms in total. The lowest BCUT2D eigenvalue weighted by molar-refractivity contribution is 0.192. The van der Waals surface area contributed by atoms with Crippen molar-refractivity contribution in [3.05, 3.63) is 11.7 Å². The minimum absolute atomic E-state index is 0.329. The molecule has 0 bridgehead atoms. The predicted octanol–water partition coefficient (Wildman–Crippen LogP) is 2.99. The number of aromatic nitrogens is 2. The predicted molar refractivity (Wildman–Crippen MR) is 80.4 cm³/mol. The Morgan fingerprint density at radius 2 is 2.10 bits per heavy atom. The van der Waals surface area contributed by atoms with E-state index in [1.807, 2.05) is 0 Å². The number of hydrogen-bond acceptors (Lipinski definition) is 5. The zero-order valence-electron chi connectivity index (χ0n) is 13.0. The van der Waals surface area contributed by atoms with E-state index in [0.29, 0.717) is 17.9 Å². The van der Waals surface area contributed by atoms with E-state index in [9.17, 15) is 0 Å². The van der Waals surface area contributed by atoms with Gasteiger partial charge in [-0.1, -0.05) is 31.3 Å². The quantitative estimate of drug-likeness (QED) is 0.846. The molecule has 3 atom stereocenters. The first-order chi connectivity index (χ1) is 10.4. The van der Waals surface area contributed by atoms with E-state index in [1.54, 1.807) is 0 Å². The van der Waals surface area contributed by atoms with Crippen LogP contribution in [-0.2, 0) is 4.74 Å². The van der Waals surface area contributed by atoms with Crippen LogP contribution in [0.15, 0.2) is 4.52 Å². The molecule has 0 amide bonds. The smallest absolute Gasteiger partial charge is 0.231 e. The van der Waals surface area contributed by atoms with Gasteiger partial charge in [0.2, 0.25) is 5.89 Å². The molecule has 1 aromatic heterocycles. The Hall–Kier alpha value is -0.940. The maximum Gasteiger partial charge on any atom is 0.231 e. The molecular formula is C16H27N3O2. The molecule has 2 fully saturated rings. The van der Waals surface area contributed by atoms with Crippen LogP contribution in [0.5, 0.6) is 0 Å². The van der Waals surface area contributed by atoms with Crippen molar-refractivity contribution in [1.82, 2.24) is 15.5 Å². The Balaban J connectivity index is 1.71. The molecule has 1 aliphatic heterocycles. The first kappa shape index (κ1) is 15.0. The van der Waals surface area contributed by atoms with Crippen molar-refractivity contribution < 1.29 is 9.26 Å². The molecule has 1 aliphatic carbocycles. The van der Waals surface area contributed by atoms with E-state index in [-0.39, 0.29) is 0 Å². The lowest BCUT2D eigenvalue weighted by atomic mass is 9.94. The molecule has 3 unspecified atom stereocenters. The van der Waals surface area contributed by atoms with E-state index in [1.165, 1.54) is 25.7 Å². The Morgan fingerprint density at radius 3 is 2.90 bits per heavy atom. The molecule has 1 aromatic rings. The van der Waals surface area contributed by atoms with Crippen LogP contribution >= 0.6 is 0 Å². The van der Waals surface area contributed by atoms with Crippen LogP contribution in [0.2, 0.25) is 0 Å². The Bertz CT molecular complexity index is 429. The van der Waals surface area contributed by atoms with Crippen LogP contribution in [0.1, 0.15) is 75.4 Å². The second-order valence-electron chi connectivity index (χ2n) is 6.36. The van der Waals surface area contributed by atoms with Gasteiger partial charge in [-0.25, -0.2) is 0 Å². The first-order valence-corrected chi connectivity index (χ1v) is 8.53. The highest BCUT2D eigenvalue weighted by Crippen LogP contribution is 2.32. The molecule has 0 radical (unpaired) electrons. The standard InChI is InChI=1S/C16H27N3O2/c1-2-9-17-14-7-5-3-4-6-13(14)16-18-15(19-21-16)12-8-10-20-11-12/h12-14,17H,2-11H2,1H3. The number of nitrogens with one attached hydrogen (secondary N) is 1. The van der Waals surface area contributed by atoms with Gasteiger partial charge in [-0.15, -0.1) is 0 Å². The molecule has 118 valence electrons. The summed E-state index contributed by atoms with van der Waals surface area (Å²) < 4.78 is 11.1. The molecule has 2 aliphatic rings. The monoisotopic (exact) mass is 293 g/mol. The highest BCUT2D eigenvalue weighted by Gasteiger charge is 2.31. The maximum atomic E-state index is 5.63. The second kappa shape index (κ2) is 7.36.